The molecule has 0 amide bonds. The van der Waals surface area contributed by atoms with Gasteiger partial charge in [0.25, 0.3) is 0 Å². The Kier molecular flexibility index (Phi) is 5.34. The molecule has 0 aliphatic heterocycles. The first-order valence-corrected chi connectivity index (χ1v) is 8.00. The van der Waals surface area contributed by atoms with E-state index in [1.807, 2.05) is 12.1 Å². The summed E-state index contributed by atoms with van der Waals surface area (Å²) in [7, 11) is -2.28. The minimum absolute atomic E-state index is 0. The summed E-state index contributed by atoms with van der Waals surface area (Å²) in [5.41, 5.74) is 0.885. The zero-order valence-electron chi connectivity index (χ0n) is 12.5. The largest absolute Gasteiger partial charge is 0.571 e. The molecule has 0 spiro atoms. The SMILES string of the molecule is COc1ccc(S(=O)(=O)[N-]c2cccc3cccnc23)cc1.[Zn]. The Morgan fingerprint density at radius 3 is 2.39 bits per heavy atom. The maximum atomic E-state index is 12.4. The molecule has 0 fully saturated rings. The molecule has 0 unspecified atom stereocenters. The first-order valence-electron chi connectivity index (χ1n) is 6.56. The molecule has 2 aromatic carbocycles. The van der Waals surface area contributed by atoms with Crippen molar-refractivity contribution >= 4 is 26.6 Å². The Hall–Kier alpha value is -1.98. The van der Waals surface area contributed by atoms with E-state index < -0.39 is 10.0 Å². The van der Waals surface area contributed by atoms with Crippen molar-refractivity contribution in [3.05, 3.63) is 65.5 Å². The average molecular weight is 379 g/mol. The summed E-state index contributed by atoms with van der Waals surface area (Å²) in [4.78, 5) is 4.32. The van der Waals surface area contributed by atoms with Crippen molar-refractivity contribution in [1.82, 2.24) is 4.98 Å². The van der Waals surface area contributed by atoms with Crippen LogP contribution >= 0.6 is 0 Å². The first-order chi connectivity index (χ1) is 10.6. The standard InChI is InChI=1S/C16H13N2O3S.Zn/c1-21-13-7-9-14(10-8-13)22(19,20)18-15-6-2-4-12-5-3-11-17-16(12)15;/h2-11H,1H3;/q-1;. The number of sulfonamides is 1. The van der Waals surface area contributed by atoms with Gasteiger partial charge in [0.1, 0.15) is 15.8 Å². The van der Waals surface area contributed by atoms with Crippen molar-refractivity contribution in [3.63, 3.8) is 0 Å². The van der Waals surface area contributed by atoms with Gasteiger partial charge in [0.05, 0.1) is 17.5 Å². The van der Waals surface area contributed by atoms with E-state index in [0.29, 0.717) is 17.0 Å². The third-order valence-corrected chi connectivity index (χ3v) is 4.49. The van der Waals surface area contributed by atoms with Gasteiger partial charge in [-0.25, -0.2) is 8.42 Å². The summed E-state index contributed by atoms with van der Waals surface area (Å²) >= 11 is 0. The molecule has 3 rings (SSSR count). The van der Waals surface area contributed by atoms with Crippen LogP contribution in [0.15, 0.2) is 65.7 Å². The third-order valence-electron chi connectivity index (χ3n) is 3.19. The van der Waals surface area contributed by atoms with Crippen molar-refractivity contribution in [2.75, 3.05) is 7.11 Å². The van der Waals surface area contributed by atoms with E-state index in [0.717, 1.165) is 5.39 Å². The zero-order valence-corrected chi connectivity index (χ0v) is 16.3. The van der Waals surface area contributed by atoms with Crippen LogP contribution in [0.4, 0.5) is 5.69 Å². The van der Waals surface area contributed by atoms with E-state index in [9.17, 15) is 8.42 Å². The summed E-state index contributed by atoms with van der Waals surface area (Å²) in [5, 5.41) is 0.841. The molecule has 3 aromatic rings. The minimum atomic E-state index is -3.80. The number of benzene rings is 2. The van der Waals surface area contributed by atoms with Crippen molar-refractivity contribution in [3.8, 4) is 5.75 Å². The van der Waals surface area contributed by atoms with E-state index in [-0.39, 0.29) is 24.4 Å². The van der Waals surface area contributed by atoms with Gasteiger partial charge >= 0.3 is 0 Å². The average Bonchev–Trinajstić information content (AvgIpc) is 2.55. The molecule has 0 saturated heterocycles. The van der Waals surface area contributed by atoms with Gasteiger partial charge in [-0.15, -0.1) is 5.69 Å². The molecule has 0 saturated carbocycles. The Bertz CT molecular complexity index is 907. The second-order valence-corrected chi connectivity index (χ2v) is 6.20. The topological polar surface area (TPSA) is 70.4 Å². The van der Waals surface area contributed by atoms with E-state index in [2.05, 4.69) is 9.71 Å². The molecule has 5 nitrogen and oxygen atoms in total. The fourth-order valence-electron chi connectivity index (χ4n) is 2.09. The molecule has 0 aliphatic carbocycles. The van der Waals surface area contributed by atoms with E-state index in [1.165, 1.54) is 19.2 Å². The van der Waals surface area contributed by atoms with Crippen LogP contribution in [0, 0.1) is 0 Å². The molecule has 7 heteroatoms. The van der Waals surface area contributed by atoms with Crippen molar-refractivity contribution < 1.29 is 32.6 Å². The second kappa shape index (κ2) is 7.07. The molecular weight excluding hydrogens is 366 g/mol. The van der Waals surface area contributed by atoms with Crippen LogP contribution < -0.4 is 4.74 Å². The number of fused-ring (bicyclic) bond motifs is 1. The van der Waals surface area contributed by atoms with Crippen LogP contribution in [-0.4, -0.2) is 20.5 Å². The molecule has 1 heterocycles. The van der Waals surface area contributed by atoms with Gasteiger partial charge in [-0.05, 0) is 35.7 Å². The summed E-state index contributed by atoms with van der Waals surface area (Å²) in [5.74, 6) is 0.589. The Morgan fingerprint density at radius 2 is 1.70 bits per heavy atom. The van der Waals surface area contributed by atoms with Gasteiger partial charge < -0.3 is 9.46 Å². The summed E-state index contributed by atoms with van der Waals surface area (Å²) in [6, 6.07) is 15.0. The number of hydrogen-bond donors (Lipinski definition) is 0. The fraction of sp³-hybridized carbons (Fsp3) is 0.0625. The number of nitrogens with zero attached hydrogens (tertiary/aromatic N) is 2. The third kappa shape index (κ3) is 3.68. The van der Waals surface area contributed by atoms with Crippen LogP contribution in [0.3, 0.4) is 0 Å². The van der Waals surface area contributed by atoms with E-state index >= 15 is 0 Å². The van der Waals surface area contributed by atoms with Crippen molar-refractivity contribution in [2.24, 2.45) is 0 Å². The van der Waals surface area contributed by atoms with E-state index in [1.54, 1.807) is 36.5 Å². The number of methoxy groups -OCH3 is 1. The first kappa shape index (κ1) is 17.4. The number of rotatable bonds is 4. The van der Waals surface area contributed by atoms with Crippen LogP contribution in [0.1, 0.15) is 0 Å². The molecule has 114 valence electrons. The summed E-state index contributed by atoms with van der Waals surface area (Å²) < 4.78 is 33.8. The summed E-state index contributed by atoms with van der Waals surface area (Å²) in [6.07, 6.45) is 1.61. The maximum absolute atomic E-state index is 12.4. The molecular formula is C16H13N2O3SZn-. The van der Waals surface area contributed by atoms with Gasteiger partial charge in [0.15, 0.2) is 0 Å². The van der Waals surface area contributed by atoms with Gasteiger partial charge in [-0.3, -0.25) is 4.98 Å². The Balaban J connectivity index is 0.00000192. The minimum Gasteiger partial charge on any atom is -0.571 e. The Labute approximate surface area is 147 Å². The number of aromatic nitrogens is 1. The number of para-hydroxylation sites is 1. The van der Waals surface area contributed by atoms with Gasteiger partial charge in [-0.1, -0.05) is 24.3 Å². The fourth-order valence-corrected chi connectivity index (χ4v) is 3.08. The second-order valence-electron chi connectivity index (χ2n) is 4.59. The molecule has 0 atom stereocenters. The van der Waals surface area contributed by atoms with Gasteiger partial charge in [-0.2, -0.15) is 0 Å². The van der Waals surface area contributed by atoms with Crippen molar-refractivity contribution in [1.29, 1.82) is 0 Å². The molecule has 0 bridgehead atoms. The monoisotopic (exact) mass is 377 g/mol. The van der Waals surface area contributed by atoms with Crippen molar-refractivity contribution in [2.45, 2.75) is 4.90 Å². The van der Waals surface area contributed by atoms with Crippen LogP contribution in [-0.2, 0) is 29.5 Å². The maximum Gasteiger partial charge on any atom is 0.123 e. The van der Waals surface area contributed by atoms with Crippen LogP contribution in [0.2, 0.25) is 0 Å². The quantitative estimate of drug-likeness (QED) is 0.650. The smallest absolute Gasteiger partial charge is 0.123 e. The molecule has 0 N–H and O–H groups in total. The van der Waals surface area contributed by atoms with Gasteiger partial charge in [0, 0.05) is 25.7 Å². The Morgan fingerprint density at radius 1 is 1.00 bits per heavy atom. The predicted octanol–water partition coefficient (Wildman–Crippen LogP) is 3.64. The van der Waals surface area contributed by atoms with Gasteiger partial charge in [0.2, 0.25) is 0 Å². The summed E-state index contributed by atoms with van der Waals surface area (Å²) in [6.45, 7) is 0. The number of ether oxygens (including phenoxy) is 1. The zero-order chi connectivity index (χ0) is 15.6. The van der Waals surface area contributed by atoms with E-state index in [4.69, 9.17) is 4.74 Å². The van der Waals surface area contributed by atoms with Crippen LogP contribution in [0.25, 0.3) is 15.6 Å². The molecule has 0 aliphatic rings. The molecule has 0 radical (unpaired) electrons. The predicted molar refractivity (Wildman–Crippen MR) is 84.9 cm³/mol. The molecule has 23 heavy (non-hydrogen) atoms. The van der Waals surface area contributed by atoms with Crippen LogP contribution in [0.5, 0.6) is 5.75 Å². The normalized spacial score (nSPS) is 10.8. The number of pyridine rings is 1. The number of hydrogen-bond acceptors (Lipinski definition) is 4. The molecule has 1 aromatic heterocycles.